The molecule has 14 heteroatoms. The van der Waals surface area contributed by atoms with Gasteiger partial charge in [-0.25, -0.2) is 13.2 Å². The van der Waals surface area contributed by atoms with Gasteiger partial charge in [-0.05, 0) is 43.4 Å². The lowest BCUT2D eigenvalue weighted by Gasteiger charge is -2.11. The number of sulfonamides is 1. The number of rotatable bonds is 9. The number of carbonyl (C=O) groups is 2. The summed E-state index contributed by atoms with van der Waals surface area (Å²) in [5.41, 5.74) is 0.416. The molecule has 0 spiro atoms. The third-order valence-electron chi connectivity index (χ3n) is 3.63. The molecule has 0 fully saturated rings. The minimum atomic E-state index is -3.98. The van der Waals surface area contributed by atoms with Crippen molar-refractivity contribution in [1.29, 1.82) is 0 Å². The summed E-state index contributed by atoms with van der Waals surface area (Å²) in [5, 5.41) is 5.01. The van der Waals surface area contributed by atoms with E-state index in [1.165, 1.54) is 44.6 Å². The van der Waals surface area contributed by atoms with Crippen LogP contribution in [0.4, 0.5) is 11.5 Å². The van der Waals surface area contributed by atoms with Crippen LogP contribution in [0.25, 0.3) is 0 Å². The number of nitrogens with zero attached hydrogens (tertiary/aromatic N) is 2. The van der Waals surface area contributed by atoms with Gasteiger partial charge in [0.25, 0.3) is 10.0 Å². The summed E-state index contributed by atoms with van der Waals surface area (Å²) < 4.78 is 42.2. The quantitative estimate of drug-likeness (QED) is 0.261. The van der Waals surface area contributed by atoms with E-state index in [0.29, 0.717) is 5.69 Å². The van der Waals surface area contributed by atoms with Gasteiger partial charge in [0.05, 0.1) is 25.7 Å². The van der Waals surface area contributed by atoms with Gasteiger partial charge in [-0.1, -0.05) is 0 Å². The minimum absolute atomic E-state index is 0.0411. The van der Waals surface area contributed by atoms with Crippen LogP contribution >= 0.6 is 12.2 Å². The normalized spacial score (nSPS) is 10.9. The number of nitrogens with one attached hydrogen (secondary N) is 3. The molecule has 0 saturated heterocycles. The molecule has 2 rings (SSSR count). The molecule has 33 heavy (non-hydrogen) atoms. The maximum atomic E-state index is 12.7. The lowest BCUT2D eigenvalue weighted by molar-refractivity contribution is -0.137. The molecular weight excluding hydrogens is 474 g/mol. The Kier molecular flexibility index (Phi) is 9.06. The van der Waals surface area contributed by atoms with Crippen LogP contribution in [0.5, 0.6) is 11.9 Å². The van der Waals surface area contributed by atoms with Gasteiger partial charge in [0.2, 0.25) is 11.8 Å². The average molecular weight is 496 g/mol. The molecule has 1 aromatic carbocycles. The first-order chi connectivity index (χ1) is 15.7. The second kappa shape index (κ2) is 11.7. The fourth-order valence-corrected chi connectivity index (χ4v) is 3.43. The Bertz CT molecular complexity index is 1130. The summed E-state index contributed by atoms with van der Waals surface area (Å²) in [6, 6.07) is 6.77. The molecular formula is C19H21N5O7S2. The first-order valence-electron chi connectivity index (χ1n) is 9.23. The monoisotopic (exact) mass is 495 g/mol. The highest BCUT2D eigenvalue weighted by Crippen LogP contribution is 2.21. The van der Waals surface area contributed by atoms with E-state index in [9.17, 15) is 18.0 Å². The van der Waals surface area contributed by atoms with Crippen molar-refractivity contribution in [3.63, 3.8) is 0 Å². The van der Waals surface area contributed by atoms with Gasteiger partial charge in [0, 0.05) is 23.9 Å². The Labute approximate surface area is 195 Å². The number of hydrogen-bond acceptors (Lipinski definition) is 10. The molecule has 2 aromatic rings. The van der Waals surface area contributed by atoms with Gasteiger partial charge in [-0.15, -0.1) is 0 Å². The molecule has 0 radical (unpaired) electrons. The number of aromatic nitrogens is 2. The number of methoxy groups -OCH3 is 2. The van der Waals surface area contributed by atoms with Gasteiger partial charge in [-0.2, -0.15) is 9.97 Å². The number of thiocarbonyl (C=S) groups is 1. The number of hydrogen-bond donors (Lipinski definition) is 3. The Balaban J connectivity index is 2.02. The molecule has 1 heterocycles. The summed E-state index contributed by atoms with van der Waals surface area (Å²) in [7, 11) is -1.28. The fourth-order valence-electron chi connectivity index (χ4n) is 2.22. The molecule has 176 valence electrons. The van der Waals surface area contributed by atoms with Crippen molar-refractivity contribution in [1.82, 2.24) is 15.3 Å². The fraction of sp³-hybridized carbons (Fsp3) is 0.211. The molecule has 1 aromatic heterocycles. The predicted octanol–water partition coefficient (Wildman–Crippen LogP) is 1.23. The Hall–Kier alpha value is -3.78. The smallest absolute Gasteiger partial charge is 0.330 e. The summed E-state index contributed by atoms with van der Waals surface area (Å²) in [4.78, 5) is 30.7. The van der Waals surface area contributed by atoms with Gasteiger partial charge in [0.15, 0.2) is 10.9 Å². The standard InChI is InChI=1S/C19H21N5O7S2/c1-4-31-17(26)10-9-15(25)22-19(32)20-12-5-7-13(8-6-12)33(27,28)24-14-11-16(29-2)23-18(21-14)30-3/h5-11H,4H2,1-3H3,(H,21,23,24)(H2,20,22,25,32)/b10-9+. The summed E-state index contributed by atoms with van der Waals surface area (Å²) >= 11 is 5.02. The van der Waals surface area contributed by atoms with E-state index < -0.39 is 21.9 Å². The van der Waals surface area contributed by atoms with Crippen LogP contribution in [0.15, 0.2) is 47.4 Å². The predicted molar refractivity (Wildman–Crippen MR) is 123 cm³/mol. The minimum Gasteiger partial charge on any atom is -0.481 e. The van der Waals surface area contributed by atoms with Crippen molar-refractivity contribution in [2.45, 2.75) is 11.8 Å². The van der Waals surface area contributed by atoms with E-state index in [2.05, 4.69) is 30.1 Å². The number of carbonyl (C=O) groups excluding carboxylic acids is 2. The Morgan fingerprint density at radius 3 is 2.39 bits per heavy atom. The largest absolute Gasteiger partial charge is 0.481 e. The van der Waals surface area contributed by atoms with Gasteiger partial charge >= 0.3 is 12.0 Å². The first-order valence-corrected chi connectivity index (χ1v) is 11.1. The SMILES string of the molecule is CCOC(=O)/C=C/C(=O)NC(=S)Nc1ccc(S(=O)(=O)Nc2cc(OC)nc(OC)n2)cc1. The molecule has 0 aliphatic carbocycles. The van der Waals surface area contributed by atoms with Crippen molar-refractivity contribution < 1.29 is 32.2 Å². The van der Waals surface area contributed by atoms with Crippen molar-refractivity contribution in [2.24, 2.45) is 0 Å². The maximum absolute atomic E-state index is 12.7. The maximum Gasteiger partial charge on any atom is 0.330 e. The Morgan fingerprint density at radius 2 is 1.79 bits per heavy atom. The topological polar surface area (TPSA) is 158 Å². The molecule has 0 saturated carbocycles. The van der Waals surface area contributed by atoms with Crippen LogP contribution in [-0.2, 0) is 24.3 Å². The van der Waals surface area contributed by atoms with E-state index in [1.54, 1.807) is 6.92 Å². The zero-order valence-corrected chi connectivity index (χ0v) is 19.5. The zero-order chi connectivity index (χ0) is 24.4. The lowest BCUT2D eigenvalue weighted by Crippen LogP contribution is -2.33. The van der Waals surface area contributed by atoms with Gasteiger partial charge in [0.1, 0.15) is 0 Å². The molecule has 3 N–H and O–H groups in total. The van der Waals surface area contributed by atoms with E-state index >= 15 is 0 Å². The summed E-state index contributed by atoms with van der Waals surface area (Å²) in [6.07, 6.45) is 1.95. The van der Waals surface area contributed by atoms with Gasteiger partial charge in [-0.3, -0.25) is 14.8 Å². The lowest BCUT2D eigenvalue weighted by atomic mass is 10.3. The van der Waals surface area contributed by atoms with E-state index in [1.807, 2.05) is 0 Å². The van der Waals surface area contributed by atoms with E-state index in [4.69, 9.17) is 21.7 Å². The number of ether oxygens (including phenoxy) is 3. The molecule has 0 atom stereocenters. The molecule has 0 aliphatic rings. The van der Waals surface area contributed by atoms with Gasteiger partial charge < -0.3 is 19.5 Å². The molecule has 0 aliphatic heterocycles. The molecule has 1 amide bonds. The average Bonchev–Trinajstić information content (AvgIpc) is 2.77. The molecule has 0 unspecified atom stereocenters. The van der Waals surface area contributed by atoms with Crippen LogP contribution in [-0.4, -0.2) is 56.2 Å². The molecule has 12 nitrogen and oxygen atoms in total. The summed E-state index contributed by atoms with van der Waals surface area (Å²) in [5.74, 6) is -1.22. The Morgan fingerprint density at radius 1 is 1.09 bits per heavy atom. The third-order valence-corrected chi connectivity index (χ3v) is 5.20. The second-order valence-corrected chi connectivity index (χ2v) is 8.03. The van der Waals surface area contributed by atoms with Crippen LogP contribution < -0.4 is 24.8 Å². The number of esters is 1. The number of benzene rings is 1. The summed E-state index contributed by atoms with van der Waals surface area (Å²) in [6.45, 7) is 1.83. The van der Waals surface area contributed by atoms with E-state index in [-0.39, 0.29) is 34.3 Å². The second-order valence-electron chi connectivity index (χ2n) is 5.94. The van der Waals surface area contributed by atoms with Crippen LogP contribution in [0.1, 0.15) is 6.92 Å². The van der Waals surface area contributed by atoms with Crippen LogP contribution in [0.2, 0.25) is 0 Å². The van der Waals surface area contributed by atoms with Crippen LogP contribution in [0, 0.1) is 0 Å². The highest BCUT2D eigenvalue weighted by Gasteiger charge is 2.17. The van der Waals surface area contributed by atoms with E-state index in [0.717, 1.165) is 12.2 Å². The molecule has 0 bridgehead atoms. The van der Waals surface area contributed by atoms with Crippen molar-refractivity contribution >= 4 is 50.7 Å². The van der Waals surface area contributed by atoms with Crippen molar-refractivity contribution in [3.8, 4) is 11.9 Å². The van der Waals surface area contributed by atoms with Crippen molar-refractivity contribution in [3.05, 3.63) is 42.5 Å². The third kappa shape index (κ3) is 8.01. The van der Waals surface area contributed by atoms with Crippen LogP contribution in [0.3, 0.4) is 0 Å². The van der Waals surface area contributed by atoms with Crippen molar-refractivity contribution in [2.75, 3.05) is 30.9 Å². The highest BCUT2D eigenvalue weighted by atomic mass is 32.2. The highest BCUT2D eigenvalue weighted by molar-refractivity contribution is 7.92. The number of anilines is 2. The zero-order valence-electron chi connectivity index (χ0n) is 17.8. The number of amides is 1. The first kappa shape index (κ1) is 25.5.